The second-order valence-corrected chi connectivity index (χ2v) is 3.61. The summed E-state index contributed by atoms with van der Waals surface area (Å²) in [4.78, 5) is 0. The van der Waals surface area contributed by atoms with E-state index in [0.717, 1.165) is 31.4 Å². The number of nitrogens with two attached hydrogens (primary N) is 1. The summed E-state index contributed by atoms with van der Waals surface area (Å²) in [6, 6.07) is 7.74. The van der Waals surface area contributed by atoms with Crippen molar-refractivity contribution in [3.8, 4) is 0 Å². The summed E-state index contributed by atoms with van der Waals surface area (Å²) in [6.07, 6.45) is 2.25. The second kappa shape index (κ2) is 5.76. The molecule has 1 unspecified atom stereocenters. The number of benzene rings is 1. The summed E-state index contributed by atoms with van der Waals surface area (Å²) in [6.45, 7) is 2.30. The van der Waals surface area contributed by atoms with Crippen molar-refractivity contribution in [2.24, 2.45) is 5.73 Å². The fraction of sp³-hybridized carbons (Fsp3) is 0.500. The fourth-order valence-electron chi connectivity index (χ4n) is 1.47. The Bertz CT molecular complexity index is 271. The third kappa shape index (κ3) is 3.46. The van der Waals surface area contributed by atoms with Crippen LogP contribution in [-0.2, 0) is 6.42 Å². The first-order valence-corrected chi connectivity index (χ1v) is 5.17. The topological polar surface area (TPSA) is 26.0 Å². The number of hydrogen-bond acceptors (Lipinski definition) is 1. The van der Waals surface area contributed by atoms with Crippen LogP contribution in [0.1, 0.15) is 37.1 Å². The smallest absolute Gasteiger partial charge is 0.122 e. The lowest BCUT2D eigenvalue weighted by atomic mass is 10.0. The number of rotatable bonds is 5. The van der Waals surface area contributed by atoms with E-state index in [0.29, 0.717) is 0 Å². The molecule has 0 aromatic heterocycles. The minimum absolute atomic E-state index is 0.735. The van der Waals surface area contributed by atoms with Crippen LogP contribution in [0.3, 0.4) is 0 Å². The number of alkyl halides is 1. The molecule has 78 valence electrons. The molecular weight excluding hydrogens is 177 g/mol. The predicted octanol–water partition coefficient (Wildman–Crippen LogP) is 3.00. The maximum Gasteiger partial charge on any atom is 0.122 e. The summed E-state index contributed by atoms with van der Waals surface area (Å²) in [7, 11) is 0. The van der Waals surface area contributed by atoms with E-state index in [1.165, 1.54) is 5.56 Å². The minimum atomic E-state index is -0.871. The number of unbranched alkanes of at least 4 members (excludes halogenated alkanes) is 1. The van der Waals surface area contributed by atoms with Gasteiger partial charge < -0.3 is 5.73 Å². The zero-order chi connectivity index (χ0) is 10.4. The molecule has 14 heavy (non-hydrogen) atoms. The van der Waals surface area contributed by atoms with Gasteiger partial charge in [0.05, 0.1) is 0 Å². The molecule has 2 N–H and O–H groups in total. The van der Waals surface area contributed by atoms with Crippen LogP contribution in [0, 0.1) is 0 Å². The van der Waals surface area contributed by atoms with Crippen LogP contribution < -0.4 is 5.73 Å². The van der Waals surface area contributed by atoms with Gasteiger partial charge in [-0.15, -0.1) is 0 Å². The molecule has 0 spiro atoms. The van der Waals surface area contributed by atoms with Gasteiger partial charge in [-0.25, -0.2) is 4.39 Å². The van der Waals surface area contributed by atoms with E-state index < -0.39 is 6.17 Å². The SMILES string of the molecule is CC(F)c1cccc(CCCCN)c1. The average molecular weight is 195 g/mol. The molecule has 0 saturated heterocycles. The van der Waals surface area contributed by atoms with Gasteiger partial charge in [0.25, 0.3) is 0 Å². The number of hydrogen-bond donors (Lipinski definition) is 1. The van der Waals surface area contributed by atoms with Gasteiger partial charge in [0.15, 0.2) is 0 Å². The highest BCUT2D eigenvalue weighted by Crippen LogP contribution is 2.18. The summed E-state index contributed by atoms with van der Waals surface area (Å²) >= 11 is 0. The van der Waals surface area contributed by atoms with Crippen LogP contribution in [0.4, 0.5) is 4.39 Å². The monoisotopic (exact) mass is 195 g/mol. The molecule has 0 aliphatic carbocycles. The summed E-state index contributed by atoms with van der Waals surface area (Å²) in [5, 5.41) is 0. The van der Waals surface area contributed by atoms with Gasteiger partial charge in [-0.3, -0.25) is 0 Å². The quantitative estimate of drug-likeness (QED) is 0.718. The van der Waals surface area contributed by atoms with Crippen molar-refractivity contribution < 1.29 is 4.39 Å². The number of aryl methyl sites for hydroxylation is 1. The highest BCUT2D eigenvalue weighted by molar-refractivity contribution is 5.24. The van der Waals surface area contributed by atoms with Crippen LogP contribution in [0.2, 0.25) is 0 Å². The molecule has 1 rings (SSSR count). The normalized spacial score (nSPS) is 12.8. The maximum absolute atomic E-state index is 13.0. The highest BCUT2D eigenvalue weighted by Gasteiger charge is 2.02. The lowest BCUT2D eigenvalue weighted by molar-refractivity contribution is 0.374. The van der Waals surface area contributed by atoms with Crippen LogP contribution in [0.5, 0.6) is 0 Å². The Morgan fingerprint density at radius 2 is 2.14 bits per heavy atom. The molecule has 0 aliphatic rings. The van der Waals surface area contributed by atoms with E-state index in [1.807, 2.05) is 24.3 Å². The van der Waals surface area contributed by atoms with E-state index >= 15 is 0 Å². The number of halogens is 1. The standard InChI is InChI=1S/C12H18FN/c1-10(13)12-7-4-6-11(9-12)5-2-3-8-14/h4,6-7,9-10H,2-3,5,8,14H2,1H3. The maximum atomic E-state index is 13.0. The van der Waals surface area contributed by atoms with Gasteiger partial charge in [0.2, 0.25) is 0 Å². The van der Waals surface area contributed by atoms with E-state index in [1.54, 1.807) is 6.92 Å². The molecule has 0 heterocycles. The van der Waals surface area contributed by atoms with E-state index in [2.05, 4.69) is 0 Å². The Hall–Kier alpha value is -0.890. The predicted molar refractivity (Wildman–Crippen MR) is 58.0 cm³/mol. The summed E-state index contributed by atoms with van der Waals surface area (Å²) < 4.78 is 13.0. The molecule has 2 heteroatoms. The molecule has 0 bridgehead atoms. The summed E-state index contributed by atoms with van der Waals surface area (Å²) in [5.74, 6) is 0. The Morgan fingerprint density at radius 3 is 2.79 bits per heavy atom. The van der Waals surface area contributed by atoms with E-state index in [4.69, 9.17) is 5.73 Å². The highest BCUT2D eigenvalue weighted by atomic mass is 19.1. The van der Waals surface area contributed by atoms with E-state index in [9.17, 15) is 4.39 Å². The largest absolute Gasteiger partial charge is 0.330 e. The molecule has 1 atom stereocenters. The fourth-order valence-corrected chi connectivity index (χ4v) is 1.47. The van der Waals surface area contributed by atoms with Crippen molar-refractivity contribution in [1.29, 1.82) is 0 Å². The molecule has 1 aromatic carbocycles. The van der Waals surface area contributed by atoms with Crippen molar-refractivity contribution in [2.45, 2.75) is 32.4 Å². The zero-order valence-corrected chi connectivity index (χ0v) is 8.67. The summed E-state index contributed by atoms with van der Waals surface area (Å²) in [5.41, 5.74) is 7.39. The van der Waals surface area contributed by atoms with Crippen molar-refractivity contribution >= 4 is 0 Å². The lowest BCUT2D eigenvalue weighted by Gasteiger charge is -2.05. The van der Waals surface area contributed by atoms with Crippen LogP contribution >= 0.6 is 0 Å². The Morgan fingerprint density at radius 1 is 1.36 bits per heavy atom. The van der Waals surface area contributed by atoms with Crippen molar-refractivity contribution in [1.82, 2.24) is 0 Å². The van der Waals surface area contributed by atoms with Crippen LogP contribution in [0.25, 0.3) is 0 Å². The molecule has 1 nitrogen and oxygen atoms in total. The van der Waals surface area contributed by atoms with E-state index in [-0.39, 0.29) is 0 Å². The Balaban J connectivity index is 2.55. The Kier molecular flexibility index (Phi) is 4.60. The molecular formula is C12H18FN. The average Bonchev–Trinajstić information content (AvgIpc) is 2.19. The third-order valence-corrected chi connectivity index (χ3v) is 2.33. The van der Waals surface area contributed by atoms with Gasteiger partial charge >= 0.3 is 0 Å². The van der Waals surface area contributed by atoms with Gasteiger partial charge in [0.1, 0.15) is 6.17 Å². The van der Waals surface area contributed by atoms with Crippen LogP contribution in [0.15, 0.2) is 24.3 Å². The second-order valence-electron chi connectivity index (χ2n) is 3.61. The first kappa shape index (κ1) is 11.2. The Labute approximate surface area is 85.1 Å². The molecule has 0 aliphatic heterocycles. The van der Waals surface area contributed by atoms with Gasteiger partial charge in [0, 0.05) is 0 Å². The van der Waals surface area contributed by atoms with Crippen molar-refractivity contribution in [2.75, 3.05) is 6.54 Å². The molecule has 0 amide bonds. The third-order valence-electron chi connectivity index (χ3n) is 2.33. The van der Waals surface area contributed by atoms with Gasteiger partial charge in [-0.2, -0.15) is 0 Å². The molecule has 1 aromatic rings. The first-order chi connectivity index (χ1) is 6.74. The van der Waals surface area contributed by atoms with Gasteiger partial charge in [-0.1, -0.05) is 24.3 Å². The van der Waals surface area contributed by atoms with Gasteiger partial charge in [-0.05, 0) is 43.9 Å². The zero-order valence-electron chi connectivity index (χ0n) is 8.67. The van der Waals surface area contributed by atoms with Crippen molar-refractivity contribution in [3.05, 3.63) is 35.4 Å². The minimum Gasteiger partial charge on any atom is -0.330 e. The molecule has 0 radical (unpaired) electrons. The van der Waals surface area contributed by atoms with Crippen molar-refractivity contribution in [3.63, 3.8) is 0 Å². The molecule has 0 fully saturated rings. The van der Waals surface area contributed by atoms with Crippen LogP contribution in [-0.4, -0.2) is 6.54 Å². The lowest BCUT2D eigenvalue weighted by Crippen LogP contribution is -1.99. The first-order valence-electron chi connectivity index (χ1n) is 5.17. The molecule has 0 saturated carbocycles.